The fourth-order valence-electron chi connectivity index (χ4n) is 1.78. The highest BCUT2D eigenvalue weighted by molar-refractivity contribution is 9.10. The van der Waals surface area contributed by atoms with Crippen LogP contribution in [0.15, 0.2) is 40.3 Å². The number of pyridine rings is 1. The molecule has 5 heteroatoms. The van der Waals surface area contributed by atoms with Crippen molar-refractivity contribution in [3.05, 3.63) is 46.0 Å². The summed E-state index contributed by atoms with van der Waals surface area (Å²) >= 11 is 5.09. The van der Waals surface area contributed by atoms with Gasteiger partial charge in [-0.05, 0) is 39.5 Å². The first-order chi connectivity index (χ1) is 8.31. The van der Waals surface area contributed by atoms with Crippen LogP contribution >= 0.6 is 27.3 Å². The van der Waals surface area contributed by atoms with Gasteiger partial charge in [0.2, 0.25) is 0 Å². The maximum absolute atomic E-state index is 11.0. The lowest BCUT2D eigenvalue weighted by atomic mass is 10.3. The molecule has 0 spiro atoms. The van der Waals surface area contributed by atoms with Crippen LogP contribution in [-0.2, 0) is 0 Å². The predicted octanol–water partition coefficient (Wildman–Crippen LogP) is 3.64. The van der Waals surface area contributed by atoms with E-state index in [0.29, 0.717) is 5.69 Å². The molecule has 0 atom stereocenters. The van der Waals surface area contributed by atoms with Crippen LogP contribution in [0.2, 0.25) is 0 Å². The van der Waals surface area contributed by atoms with E-state index in [1.54, 1.807) is 11.3 Å². The Balaban J connectivity index is 2.43. The Morgan fingerprint density at radius 1 is 1.29 bits per heavy atom. The van der Waals surface area contributed by atoms with Crippen LogP contribution in [0, 0.1) is 0 Å². The average Bonchev–Trinajstić information content (AvgIpc) is 2.95. The van der Waals surface area contributed by atoms with E-state index >= 15 is 0 Å². The smallest absolute Gasteiger partial charge is 0.170 e. The third-order valence-electron chi connectivity index (χ3n) is 2.50. The lowest BCUT2D eigenvalue weighted by Gasteiger charge is -2.01. The van der Waals surface area contributed by atoms with Gasteiger partial charge in [0.05, 0.1) is 15.0 Å². The van der Waals surface area contributed by atoms with Crippen LogP contribution < -0.4 is 0 Å². The Morgan fingerprint density at radius 3 is 2.88 bits per heavy atom. The molecule has 3 nitrogen and oxygen atoms in total. The number of carbonyl (C=O) groups excluding carboxylic acids is 1. The van der Waals surface area contributed by atoms with E-state index in [2.05, 4.69) is 20.9 Å². The number of fused-ring (bicyclic) bond motifs is 1. The largest absolute Gasteiger partial charge is 0.296 e. The van der Waals surface area contributed by atoms with Gasteiger partial charge in [-0.15, -0.1) is 11.3 Å². The highest BCUT2D eigenvalue weighted by Crippen LogP contribution is 2.28. The summed E-state index contributed by atoms with van der Waals surface area (Å²) in [4.78, 5) is 16.5. The Hall–Kier alpha value is -1.46. The van der Waals surface area contributed by atoms with E-state index in [-0.39, 0.29) is 0 Å². The van der Waals surface area contributed by atoms with E-state index in [1.807, 2.05) is 40.1 Å². The molecule has 0 N–H and O–H groups in total. The van der Waals surface area contributed by atoms with Crippen LogP contribution in [0.1, 0.15) is 10.5 Å². The van der Waals surface area contributed by atoms with Crippen LogP contribution in [0.4, 0.5) is 0 Å². The van der Waals surface area contributed by atoms with Gasteiger partial charge in [-0.3, -0.25) is 9.20 Å². The van der Waals surface area contributed by atoms with Crippen LogP contribution in [0.25, 0.3) is 16.2 Å². The molecular formula is C12H7BrN2OS. The van der Waals surface area contributed by atoms with Crippen molar-refractivity contribution in [2.45, 2.75) is 0 Å². The van der Waals surface area contributed by atoms with Crippen LogP contribution in [-0.4, -0.2) is 15.7 Å². The molecule has 0 bridgehead atoms. The van der Waals surface area contributed by atoms with Crippen molar-refractivity contribution in [2.75, 3.05) is 0 Å². The summed E-state index contributed by atoms with van der Waals surface area (Å²) in [6.45, 7) is 0. The van der Waals surface area contributed by atoms with Gasteiger partial charge in [0.15, 0.2) is 12.1 Å². The standard InChI is InChI=1S/C12H7BrN2OS/c13-11-5-1-3-9-8(7-16)14-12(15(9)11)10-4-2-6-17-10/h1-7H. The number of aromatic nitrogens is 2. The molecule has 0 unspecified atom stereocenters. The molecular weight excluding hydrogens is 300 g/mol. The lowest BCUT2D eigenvalue weighted by Crippen LogP contribution is -1.89. The van der Waals surface area contributed by atoms with Gasteiger partial charge in [0.25, 0.3) is 0 Å². The number of thiophene rings is 1. The van der Waals surface area contributed by atoms with E-state index in [9.17, 15) is 4.79 Å². The van der Waals surface area contributed by atoms with Crippen molar-refractivity contribution >= 4 is 39.1 Å². The SMILES string of the molecule is O=Cc1nc(-c2cccs2)n2c(Br)cccc12. The van der Waals surface area contributed by atoms with Crippen molar-refractivity contribution < 1.29 is 4.79 Å². The van der Waals surface area contributed by atoms with Gasteiger partial charge in [-0.1, -0.05) is 12.1 Å². The molecule has 0 aliphatic rings. The van der Waals surface area contributed by atoms with Crippen LogP contribution in [0.5, 0.6) is 0 Å². The van der Waals surface area contributed by atoms with Crippen molar-refractivity contribution in [3.8, 4) is 10.7 Å². The second kappa shape index (κ2) is 4.09. The molecule has 3 aromatic heterocycles. The van der Waals surface area contributed by atoms with Crippen molar-refractivity contribution in [1.29, 1.82) is 0 Å². The van der Waals surface area contributed by atoms with Gasteiger partial charge in [0, 0.05) is 0 Å². The topological polar surface area (TPSA) is 34.4 Å². The molecule has 0 radical (unpaired) electrons. The highest BCUT2D eigenvalue weighted by Gasteiger charge is 2.14. The van der Waals surface area contributed by atoms with Crippen molar-refractivity contribution in [3.63, 3.8) is 0 Å². The van der Waals surface area contributed by atoms with Gasteiger partial charge in [-0.25, -0.2) is 4.98 Å². The normalized spacial score (nSPS) is 10.9. The number of rotatable bonds is 2. The second-order valence-electron chi connectivity index (χ2n) is 3.48. The molecule has 0 aliphatic carbocycles. The first kappa shape index (κ1) is 10.7. The summed E-state index contributed by atoms with van der Waals surface area (Å²) in [7, 11) is 0. The minimum absolute atomic E-state index is 0.467. The summed E-state index contributed by atoms with van der Waals surface area (Å²) in [5.41, 5.74) is 1.28. The third kappa shape index (κ3) is 1.62. The molecule has 3 heterocycles. The third-order valence-corrected chi connectivity index (χ3v) is 3.98. The Morgan fingerprint density at radius 2 is 2.18 bits per heavy atom. The monoisotopic (exact) mass is 306 g/mol. The zero-order valence-corrected chi connectivity index (χ0v) is 11.0. The van der Waals surface area contributed by atoms with E-state index < -0.39 is 0 Å². The lowest BCUT2D eigenvalue weighted by molar-refractivity contribution is 0.112. The summed E-state index contributed by atoms with van der Waals surface area (Å²) < 4.78 is 2.83. The Kier molecular flexibility index (Phi) is 2.57. The summed E-state index contributed by atoms with van der Waals surface area (Å²) in [5.74, 6) is 0.796. The highest BCUT2D eigenvalue weighted by atomic mass is 79.9. The maximum atomic E-state index is 11.0. The zero-order chi connectivity index (χ0) is 11.8. The molecule has 0 saturated heterocycles. The Bertz CT molecular complexity index is 688. The van der Waals surface area contributed by atoms with Crippen molar-refractivity contribution in [1.82, 2.24) is 9.38 Å². The zero-order valence-electron chi connectivity index (χ0n) is 8.63. The minimum atomic E-state index is 0.467. The maximum Gasteiger partial charge on any atom is 0.170 e. The summed E-state index contributed by atoms with van der Waals surface area (Å²) in [6, 6.07) is 9.68. The molecule has 84 valence electrons. The number of aldehydes is 1. The number of carbonyl (C=O) groups is 1. The summed E-state index contributed by atoms with van der Waals surface area (Å²) in [5, 5.41) is 1.99. The number of hydrogen-bond donors (Lipinski definition) is 0. The number of nitrogens with zero attached hydrogens (tertiary/aromatic N) is 2. The fourth-order valence-corrected chi connectivity index (χ4v) is 2.99. The predicted molar refractivity (Wildman–Crippen MR) is 71.6 cm³/mol. The van der Waals surface area contributed by atoms with Gasteiger partial charge >= 0.3 is 0 Å². The first-order valence-corrected chi connectivity index (χ1v) is 6.64. The first-order valence-electron chi connectivity index (χ1n) is 4.97. The van der Waals surface area contributed by atoms with E-state index in [1.165, 1.54) is 0 Å². The molecule has 3 rings (SSSR count). The quantitative estimate of drug-likeness (QED) is 0.535. The molecule has 0 aromatic carbocycles. The van der Waals surface area contributed by atoms with Gasteiger partial charge < -0.3 is 0 Å². The Labute approximate surface area is 110 Å². The molecule has 17 heavy (non-hydrogen) atoms. The van der Waals surface area contributed by atoms with Gasteiger partial charge in [-0.2, -0.15) is 0 Å². The number of hydrogen-bond acceptors (Lipinski definition) is 3. The van der Waals surface area contributed by atoms with Crippen molar-refractivity contribution in [2.24, 2.45) is 0 Å². The van der Waals surface area contributed by atoms with E-state index in [4.69, 9.17) is 0 Å². The minimum Gasteiger partial charge on any atom is -0.296 e. The van der Waals surface area contributed by atoms with Crippen LogP contribution in [0.3, 0.4) is 0 Å². The molecule has 0 fully saturated rings. The average molecular weight is 307 g/mol. The number of imidazole rings is 1. The molecule has 0 aliphatic heterocycles. The molecule has 0 saturated carbocycles. The van der Waals surface area contributed by atoms with Gasteiger partial charge in [0.1, 0.15) is 5.69 Å². The van der Waals surface area contributed by atoms with E-state index in [0.717, 1.165) is 27.1 Å². The summed E-state index contributed by atoms with van der Waals surface area (Å²) in [6.07, 6.45) is 0.791. The molecule has 0 amide bonds. The number of halogens is 1. The fraction of sp³-hybridized carbons (Fsp3) is 0. The second-order valence-corrected chi connectivity index (χ2v) is 5.25. The molecule has 3 aromatic rings.